The summed E-state index contributed by atoms with van der Waals surface area (Å²) in [7, 11) is 4.63. The van der Waals surface area contributed by atoms with Crippen LogP contribution in [-0.4, -0.2) is 52.3 Å². The molecule has 0 unspecified atom stereocenters. The van der Waals surface area contributed by atoms with Crippen molar-refractivity contribution in [3.63, 3.8) is 0 Å². The number of methoxy groups -OCH3 is 3. The molecule has 9 nitrogen and oxygen atoms in total. The highest BCUT2D eigenvalue weighted by Gasteiger charge is 2.49. The maximum atomic E-state index is 14.4. The zero-order valence-electron chi connectivity index (χ0n) is 23.7. The molecule has 1 N–H and O–H groups in total. The summed E-state index contributed by atoms with van der Waals surface area (Å²) in [5.41, 5.74) is 3.30. The summed E-state index contributed by atoms with van der Waals surface area (Å²) >= 11 is 0. The van der Waals surface area contributed by atoms with Gasteiger partial charge in [0.15, 0.2) is 17.3 Å². The Morgan fingerprint density at radius 3 is 2.12 bits per heavy atom. The van der Waals surface area contributed by atoms with Gasteiger partial charge in [0.25, 0.3) is 0 Å². The minimum absolute atomic E-state index is 0.133. The topological polar surface area (TPSA) is 109 Å². The fourth-order valence-corrected chi connectivity index (χ4v) is 5.55. The summed E-state index contributed by atoms with van der Waals surface area (Å²) in [6, 6.07) is 12.6. The van der Waals surface area contributed by atoms with Crippen molar-refractivity contribution < 1.29 is 38.1 Å². The number of rotatable bonds is 9. The average molecular weight is 550 g/mol. The molecule has 2 aromatic carbocycles. The zero-order chi connectivity index (χ0) is 29.0. The molecular formula is C31H35NO8. The minimum Gasteiger partial charge on any atom is -0.497 e. The van der Waals surface area contributed by atoms with Gasteiger partial charge in [-0.25, -0.2) is 4.79 Å². The van der Waals surface area contributed by atoms with E-state index in [4.69, 9.17) is 23.7 Å². The number of dihydropyridines is 1. The number of allylic oxidation sites excluding steroid dienone is 3. The highest BCUT2D eigenvalue weighted by Crippen LogP contribution is 2.49. The molecule has 0 amide bonds. The largest absolute Gasteiger partial charge is 0.497 e. The third kappa shape index (κ3) is 5.28. The monoisotopic (exact) mass is 549 g/mol. The standard InChI is InChI=1S/C31H35NO8/c1-7-39-30(34)25-17(3)32-22-16-21(18-9-12-20(36-4)13-10-18)27(31(35)40-8-2)29(33)28(22)26(25)19-11-14-23(37-5)24(15-19)38-6/h9-15,21,26-27,32H,7-8,16H2,1-6H3/t21-,26+,27-/m0/s1. The summed E-state index contributed by atoms with van der Waals surface area (Å²) < 4.78 is 27.0. The van der Waals surface area contributed by atoms with E-state index in [1.165, 1.54) is 14.2 Å². The number of ketones is 1. The second-order valence-electron chi connectivity index (χ2n) is 9.50. The molecule has 2 aromatic rings. The lowest BCUT2D eigenvalue weighted by molar-refractivity contribution is -0.152. The van der Waals surface area contributed by atoms with Crippen LogP contribution in [0, 0.1) is 5.92 Å². The van der Waals surface area contributed by atoms with Crippen LogP contribution in [0.15, 0.2) is 65.0 Å². The van der Waals surface area contributed by atoms with Crippen molar-refractivity contribution in [1.29, 1.82) is 0 Å². The SMILES string of the molecule is CCOC(=O)C1=C(C)NC2=C(C(=O)[C@@H](C(=O)OCC)[C@H](c3ccc(OC)cc3)C2)[C@@H]1c1ccc(OC)c(OC)c1. The van der Waals surface area contributed by atoms with Crippen LogP contribution in [0.4, 0.5) is 0 Å². The smallest absolute Gasteiger partial charge is 0.336 e. The number of nitrogens with one attached hydrogen (secondary N) is 1. The van der Waals surface area contributed by atoms with Crippen molar-refractivity contribution in [2.24, 2.45) is 5.92 Å². The maximum absolute atomic E-state index is 14.4. The van der Waals surface area contributed by atoms with E-state index in [-0.39, 0.29) is 13.2 Å². The van der Waals surface area contributed by atoms with Crippen molar-refractivity contribution in [2.45, 2.75) is 39.0 Å². The zero-order valence-corrected chi connectivity index (χ0v) is 23.7. The molecule has 0 saturated heterocycles. The molecule has 2 aliphatic rings. The second kappa shape index (κ2) is 12.3. The summed E-state index contributed by atoms with van der Waals surface area (Å²) in [6.45, 7) is 5.52. The fraction of sp³-hybridized carbons (Fsp3) is 0.387. The second-order valence-corrected chi connectivity index (χ2v) is 9.50. The predicted molar refractivity (Wildman–Crippen MR) is 147 cm³/mol. The van der Waals surface area contributed by atoms with E-state index >= 15 is 0 Å². The lowest BCUT2D eigenvalue weighted by Crippen LogP contribution is -2.43. The van der Waals surface area contributed by atoms with Crippen LogP contribution in [0.5, 0.6) is 17.2 Å². The summed E-state index contributed by atoms with van der Waals surface area (Å²) in [6.07, 6.45) is 0.355. The first-order valence-corrected chi connectivity index (χ1v) is 13.2. The molecular weight excluding hydrogens is 514 g/mol. The third-order valence-corrected chi connectivity index (χ3v) is 7.34. The fourth-order valence-electron chi connectivity index (χ4n) is 5.55. The first kappa shape index (κ1) is 28.7. The van der Waals surface area contributed by atoms with Crippen molar-refractivity contribution in [3.05, 3.63) is 76.1 Å². The maximum Gasteiger partial charge on any atom is 0.336 e. The number of carbonyl (C=O) groups excluding carboxylic acids is 3. The molecule has 0 radical (unpaired) electrons. The molecule has 4 rings (SSSR count). The van der Waals surface area contributed by atoms with Crippen LogP contribution in [0.25, 0.3) is 0 Å². The molecule has 0 bridgehead atoms. The van der Waals surface area contributed by atoms with E-state index in [0.29, 0.717) is 51.8 Å². The Labute approximate surface area is 234 Å². The number of hydrogen-bond acceptors (Lipinski definition) is 9. The van der Waals surface area contributed by atoms with E-state index in [1.54, 1.807) is 58.2 Å². The first-order chi connectivity index (χ1) is 19.3. The summed E-state index contributed by atoms with van der Waals surface area (Å²) in [5, 5.41) is 3.31. The summed E-state index contributed by atoms with van der Waals surface area (Å²) in [4.78, 5) is 41.1. The van der Waals surface area contributed by atoms with Crippen molar-refractivity contribution in [3.8, 4) is 17.2 Å². The molecule has 0 saturated carbocycles. The molecule has 0 fully saturated rings. The molecule has 40 heavy (non-hydrogen) atoms. The molecule has 1 heterocycles. The van der Waals surface area contributed by atoms with Crippen molar-refractivity contribution in [1.82, 2.24) is 5.32 Å². The average Bonchev–Trinajstić information content (AvgIpc) is 2.96. The number of hydrogen-bond donors (Lipinski definition) is 1. The van der Waals surface area contributed by atoms with Gasteiger partial charge >= 0.3 is 11.9 Å². The molecule has 1 aliphatic carbocycles. The van der Waals surface area contributed by atoms with Gasteiger partial charge in [0.1, 0.15) is 11.7 Å². The van der Waals surface area contributed by atoms with Gasteiger partial charge in [-0.2, -0.15) is 0 Å². The molecule has 1 aliphatic heterocycles. The molecule has 212 valence electrons. The van der Waals surface area contributed by atoms with Crippen LogP contribution in [0.1, 0.15) is 50.2 Å². The highest BCUT2D eigenvalue weighted by molar-refractivity contribution is 6.13. The summed E-state index contributed by atoms with van der Waals surface area (Å²) in [5.74, 6) is -2.30. The van der Waals surface area contributed by atoms with Crippen LogP contribution in [0.3, 0.4) is 0 Å². The number of Topliss-reactive ketones (excluding diaryl/α,β-unsaturated/α-hetero) is 1. The Morgan fingerprint density at radius 2 is 1.52 bits per heavy atom. The van der Waals surface area contributed by atoms with Gasteiger partial charge in [-0.1, -0.05) is 18.2 Å². The number of carbonyl (C=O) groups is 3. The first-order valence-electron chi connectivity index (χ1n) is 13.2. The van der Waals surface area contributed by atoms with E-state index < -0.39 is 35.5 Å². The molecule has 0 aromatic heterocycles. The minimum atomic E-state index is -1.10. The van der Waals surface area contributed by atoms with Gasteiger partial charge in [0, 0.05) is 28.8 Å². The van der Waals surface area contributed by atoms with Gasteiger partial charge in [0.2, 0.25) is 0 Å². The van der Waals surface area contributed by atoms with Crippen LogP contribution in [0.2, 0.25) is 0 Å². The lowest BCUT2D eigenvalue weighted by atomic mass is 9.67. The van der Waals surface area contributed by atoms with Crippen LogP contribution in [-0.2, 0) is 23.9 Å². The Kier molecular flexibility index (Phi) is 8.82. The van der Waals surface area contributed by atoms with Gasteiger partial charge in [-0.05, 0) is 62.6 Å². The predicted octanol–water partition coefficient (Wildman–Crippen LogP) is 4.43. The van der Waals surface area contributed by atoms with E-state index in [2.05, 4.69) is 5.32 Å². The Hall–Kier alpha value is -4.27. The Morgan fingerprint density at radius 1 is 0.875 bits per heavy atom. The van der Waals surface area contributed by atoms with Gasteiger partial charge in [0.05, 0.1) is 40.1 Å². The normalized spacial score (nSPS) is 20.4. The van der Waals surface area contributed by atoms with Crippen molar-refractivity contribution >= 4 is 17.7 Å². The Bertz CT molecular complexity index is 1360. The van der Waals surface area contributed by atoms with Gasteiger partial charge < -0.3 is 29.0 Å². The molecule has 3 atom stereocenters. The van der Waals surface area contributed by atoms with E-state index in [9.17, 15) is 14.4 Å². The van der Waals surface area contributed by atoms with E-state index in [1.807, 2.05) is 12.1 Å². The molecule has 9 heteroatoms. The van der Waals surface area contributed by atoms with Gasteiger partial charge in [-0.15, -0.1) is 0 Å². The van der Waals surface area contributed by atoms with Gasteiger partial charge in [-0.3, -0.25) is 9.59 Å². The third-order valence-electron chi connectivity index (χ3n) is 7.34. The Balaban J connectivity index is 1.91. The van der Waals surface area contributed by atoms with E-state index in [0.717, 1.165) is 5.56 Å². The van der Waals surface area contributed by atoms with Crippen molar-refractivity contribution in [2.75, 3.05) is 34.5 Å². The molecule has 0 spiro atoms. The van der Waals surface area contributed by atoms with Crippen LogP contribution >= 0.6 is 0 Å². The number of benzene rings is 2. The number of esters is 2. The van der Waals surface area contributed by atoms with Crippen LogP contribution < -0.4 is 19.5 Å². The lowest BCUT2D eigenvalue weighted by Gasteiger charge is -2.39. The number of ether oxygens (including phenoxy) is 5. The highest BCUT2D eigenvalue weighted by atomic mass is 16.5. The quantitative estimate of drug-likeness (QED) is 0.359.